The molecule has 12 N–H and O–H groups in total. The van der Waals surface area contributed by atoms with Gasteiger partial charge in [-0.05, 0) is 101 Å². The minimum atomic E-state index is -5.50. The van der Waals surface area contributed by atoms with E-state index in [0.717, 1.165) is 54.6 Å². The van der Waals surface area contributed by atoms with E-state index in [4.69, 9.17) is 10.5 Å². The highest BCUT2D eigenvalue weighted by atomic mass is 32.2. The van der Waals surface area contributed by atoms with Crippen LogP contribution in [0, 0.1) is 0 Å². The van der Waals surface area contributed by atoms with Crippen molar-refractivity contribution in [3.8, 4) is 23.0 Å². The van der Waals surface area contributed by atoms with Crippen LogP contribution in [-0.4, -0.2) is 113 Å². The lowest BCUT2D eigenvalue weighted by molar-refractivity contribution is 0.412. The average molecular weight is 1300 g/mol. The first-order valence-electron chi connectivity index (χ1n) is 21.7. The van der Waals surface area contributed by atoms with Gasteiger partial charge in [-0.1, -0.05) is 6.07 Å². The highest BCUT2D eigenvalue weighted by molar-refractivity contribution is 7.87. The molecule has 0 saturated heterocycles. The van der Waals surface area contributed by atoms with E-state index in [1.807, 2.05) is 0 Å². The van der Waals surface area contributed by atoms with Gasteiger partial charge in [-0.25, -0.2) is 0 Å². The molecule has 0 heterocycles. The topological polar surface area (TPSA) is 575 Å². The van der Waals surface area contributed by atoms with Gasteiger partial charge >= 0.3 is 0 Å². The molecule has 34 nitrogen and oxygen atoms in total. The predicted molar refractivity (Wildman–Crippen MR) is 286 cm³/mol. The number of ether oxygens (including phenoxy) is 1. The van der Waals surface area contributed by atoms with Crippen LogP contribution in [0.25, 0.3) is 32.3 Å². The Morgan fingerprint density at radius 1 is 0.357 bits per heavy atom. The minimum Gasteiger partial charge on any atom is -0.505 e. The summed E-state index contributed by atoms with van der Waals surface area (Å²) in [6.07, 6.45) is 0. The van der Waals surface area contributed by atoms with Crippen LogP contribution in [-0.2, 0) is 70.8 Å². The van der Waals surface area contributed by atoms with Crippen LogP contribution in [0.2, 0.25) is 0 Å². The molecule has 0 bridgehead atoms. The monoisotopic (exact) mass is 1300 g/mol. The van der Waals surface area contributed by atoms with Crippen molar-refractivity contribution in [2.75, 3.05) is 12.8 Å². The number of hydrogen-bond donors (Lipinski definition) is 11. The third-order valence-electron chi connectivity index (χ3n) is 11.5. The van der Waals surface area contributed by atoms with E-state index < -0.39 is 184 Å². The number of azo groups is 4. The van der Waals surface area contributed by atoms with Crippen molar-refractivity contribution in [3.63, 3.8) is 0 Å². The van der Waals surface area contributed by atoms with Crippen molar-refractivity contribution >= 4 is 154 Å². The number of phenols is 3. The van der Waals surface area contributed by atoms with E-state index in [-0.39, 0.29) is 27.6 Å². The number of nitrogens with zero attached hydrogens (tertiary/aromatic N) is 8. The lowest BCUT2D eigenvalue weighted by atomic mass is 10.0. The number of benzene rings is 8. The van der Waals surface area contributed by atoms with Crippen LogP contribution in [0.3, 0.4) is 0 Å². The number of nitrogen functional groups attached to an aromatic ring is 1. The van der Waals surface area contributed by atoms with Gasteiger partial charge < -0.3 is 25.8 Å². The summed E-state index contributed by atoms with van der Waals surface area (Å²) in [5, 5.41) is 61.0. The van der Waals surface area contributed by atoms with Crippen molar-refractivity contribution in [2.45, 2.75) is 34.3 Å². The second kappa shape index (κ2) is 21.5. The van der Waals surface area contributed by atoms with Crippen LogP contribution in [0.15, 0.2) is 172 Å². The molecular weight excluding hydrogens is 1270 g/mol. The third-order valence-corrected chi connectivity index (χ3v) is 17.6. The van der Waals surface area contributed by atoms with Gasteiger partial charge in [0.05, 0.1) is 34.5 Å². The number of rotatable bonds is 16. The number of methoxy groups -OCH3 is 1. The van der Waals surface area contributed by atoms with Gasteiger partial charge in [0.25, 0.3) is 70.8 Å². The molecule has 0 saturated carbocycles. The quantitative estimate of drug-likeness (QED) is 0.0246. The van der Waals surface area contributed by atoms with E-state index in [1.54, 1.807) is 0 Å². The van der Waals surface area contributed by atoms with Crippen LogP contribution >= 0.6 is 0 Å². The molecule has 0 unspecified atom stereocenters. The normalized spacial score (nSPS) is 13.4. The lowest BCUT2D eigenvalue weighted by Gasteiger charge is -2.14. The van der Waals surface area contributed by atoms with Crippen molar-refractivity contribution < 1.29 is 111 Å². The number of nitrogens with two attached hydrogens (primary N) is 1. The van der Waals surface area contributed by atoms with Crippen LogP contribution in [0.1, 0.15) is 0 Å². The molecule has 0 aliphatic heterocycles. The number of phenolic OH excluding ortho intramolecular Hbond substituents is 3. The van der Waals surface area contributed by atoms with E-state index in [1.165, 1.54) is 13.2 Å². The van der Waals surface area contributed by atoms with Gasteiger partial charge in [0.15, 0.2) is 17.2 Å². The van der Waals surface area contributed by atoms with Crippen molar-refractivity contribution in [1.29, 1.82) is 0 Å². The van der Waals surface area contributed by atoms with Gasteiger partial charge in [0.1, 0.15) is 69.2 Å². The zero-order chi connectivity index (χ0) is 62.2. The molecule has 84 heavy (non-hydrogen) atoms. The Labute approximate surface area is 470 Å². The van der Waals surface area contributed by atoms with E-state index in [9.17, 15) is 106 Å². The second-order valence-electron chi connectivity index (χ2n) is 16.9. The van der Waals surface area contributed by atoms with Crippen LogP contribution in [0.5, 0.6) is 23.0 Å². The maximum absolute atomic E-state index is 12.8. The fourth-order valence-electron chi connectivity index (χ4n) is 7.77. The molecule has 0 radical (unpaired) electrons. The summed E-state index contributed by atoms with van der Waals surface area (Å²) in [5.74, 6) is -3.51. The summed E-state index contributed by atoms with van der Waals surface area (Å²) < 4.78 is 248. The Bertz CT molecular complexity index is 5200. The standard InChI is InChI=1S/C43H31N9O25S7/c1-77-23-5-8-27(30(16-23)80(62,63)64)47-51-38-33(83(71,72)73)12-19-10-21(4-7-25(19)41(38)53)45-50-40-34(84(74,75)76)14-20-13-31(81(65,66)67)37(36(44)35(20)43(40)55)49-46-22-3-2-18-11-32(82(68,69)70)39(42(54)26(18)15-22)52-48-28-17-24(78(56,57)58)6-9-29(28)79(59,60)61/h2-17,53-55H,44H2,1H3,(H,56,57,58)(H,59,60,61)(H,62,63,64)(H,65,66,67)(H,68,69,70)(H,71,72,73)(H,74,75,76). The van der Waals surface area contributed by atoms with Gasteiger partial charge in [-0.2, -0.15) is 69.2 Å². The summed E-state index contributed by atoms with van der Waals surface area (Å²) in [5.41, 5.74) is -1.22. The van der Waals surface area contributed by atoms with E-state index in [0.29, 0.717) is 36.4 Å². The molecular formula is C43H31N9O25S7. The zero-order valence-corrected chi connectivity index (χ0v) is 46.6. The van der Waals surface area contributed by atoms with Gasteiger partial charge in [-0.3, -0.25) is 31.9 Å². The van der Waals surface area contributed by atoms with E-state index >= 15 is 0 Å². The first-order chi connectivity index (χ1) is 38.7. The molecule has 41 heteroatoms. The Morgan fingerprint density at radius 2 is 0.798 bits per heavy atom. The van der Waals surface area contributed by atoms with Gasteiger partial charge in [0, 0.05) is 16.8 Å². The largest absolute Gasteiger partial charge is 0.505 e. The number of anilines is 1. The Kier molecular flexibility index (Phi) is 15.7. The molecule has 0 spiro atoms. The molecule has 0 amide bonds. The molecule has 0 aromatic heterocycles. The molecule has 0 aliphatic rings. The Hall–Kier alpha value is -8.69. The Balaban J connectivity index is 1.23. The van der Waals surface area contributed by atoms with Crippen LogP contribution < -0.4 is 10.5 Å². The van der Waals surface area contributed by atoms with Crippen molar-refractivity contribution in [2.24, 2.45) is 40.9 Å². The molecule has 8 aromatic carbocycles. The summed E-state index contributed by atoms with van der Waals surface area (Å²) in [4.78, 5) is -7.82. The maximum Gasteiger partial charge on any atom is 0.296 e. The smallest absolute Gasteiger partial charge is 0.296 e. The molecule has 440 valence electrons. The summed E-state index contributed by atoms with van der Waals surface area (Å²) in [6, 6.07) is 13.0. The molecule has 0 fully saturated rings. The SMILES string of the molecule is COc1ccc(N=Nc2c(S(=O)(=O)O)cc3cc(N=Nc4c(S(=O)(=O)O)cc5cc(S(=O)(=O)O)c(N=Nc6ccc7cc(S(=O)(=O)O)c(N=Nc8cc(S(=O)(=O)O)ccc8S(=O)(=O)O)c(O)c7c6)c(N)c5c4O)ccc3c2O)c(S(=O)(=O)O)c1. The maximum atomic E-state index is 12.8. The number of aromatic hydroxyl groups is 3. The number of fused-ring (bicyclic) bond motifs is 3. The number of hydrogen-bond acceptors (Lipinski definition) is 27. The predicted octanol–water partition coefficient (Wildman–Crippen LogP) is 8.24. The van der Waals surface area contributed by atoms with Crippen LogP contribution in [0.4, 0.5) is 51.2 Å². The summed E-state index contributed by atoms with van der Waals surface area (Å²) in [6.45, 7) is 0. The Morgan fingerprint density at radius 3 is 1.32 bits per heavy atom. The minimum absolute atomic E-state index is 0.0578. The molecule has 0 atom stereocenters. The third kappa shape index (κ3) is 12.5. The van der Waals surface area contributed by atoms with E-state index in [2.05, 4.69) is 40.9 Å². The summed E-state index contributed by atoms with van der Waals surface area (Å²) >= 11 is 0. The molecule has 8 aromatic rings. The molecule has 0 aliphatic carbocycles. The first-order valence-corrected chi connectivity index (χ1v) is 31.8. The van der Waals surface area contributed by atoms with Gasteiger partial charge in [-0.15, -0.1) is 30.7 Å². The summed E-state index contributed by atoms with van der Waals surface area (Å²) in [7, 11) is -35.8. The van der Waals surface area contributed by atoms with Gasteiger partial charge in [0.2, 0.25) is 0 Å². The second-order valence-corrected chi connectivity index (χ2v) is 26.6. The highest BCUT2D eigenvalue weighted by Crippen LogP contribution is 2.50. The highest BCUT2D eigenvalue weighted by Gasteiger charge is 2.30. The fraction of sp³-hybridized carbons (Fsp3) is 0.0233. The first kappa shape index (κ1) is 61.4. The zero-order valence-electron chi connectivity index (χ0n) is 40.8. The van der Waals surface area contributed by atoms with Crippen molar-refractivity contribution in [1.82, 2.24) is 0 Å². The fourth-order valence-corrected chi connectivity index (χ4v) is 12.2. The molecule has 8 rings (SSSR count). The lowest BCUT2D eigenvalue weighted by Crippen LogP contribution is -2.03. The van der Waals surface area contributed by atoms with Crippen molar-refractivity contribution in [3.05, 3.63) is 97.1 Å². The average Bonchev–Trinajstić information content (AvgIpc) is 1.28.